The van der Waals surface area contributed by atoms with Crippen molar-refractivity contribution in [3.63, 3.8) is 0 Å². The average Bonchev–Trinajstić information content (AvgIpc) is 2.77. The highest BCUT2D eigenvalue weighted by molar-refractivity contribution is 5.86. The molecule has 3 rings (SSSR count). The molecule has 1 N–H and O–H groups in total. The van der Waals surface area contributed by atoms with Crippen LogP contribution in [0, 0.1) is 5.82 Å². The third-order valence-corrected chi connectivity index (χ3v) is 2.84. The topological polar surface area (TPSA) is 81.8 Å². The average molecular weight is 279 g/mol. The fourth-order valence-electron chi connectivity index (χ4n) is 1.93. The Hall–Kier alpha value is -2.57. The zero-order valence-electron chi connectivity index (χ0n) is 10.3. The molecule has 0 unspecified atom stereocenters. The molecule has 2 heterocycles. The molecule has 0 spiro atoms. The Morgan fingerprint density at radius 3 is 2.70 bits per heavy atom. The number of carboxylic acid groups (broad SMARTS) is 1. The highest BCUT2D eigenvalue weighted by Gasteiger charge is 2.23. The Morgan fingerprint density at radius 2 is 2.00 bits per heavy atom. The maximum absolute atomic E-state index is 13.7. The highest BCUT2D eigenvalue weighted by atomic mass is 19.1. The number of carbonyl (C=O) groups is 1. The SMILES string of the molecule is O=C(O)c1cc(-c2ccc(F)c3c2OCCCO3)no1. The van der Waals surface area contributed by atoms with Gasteiger partial charge in [-0.3, -0.25) is 0 Å². The van der Waals surface area contributed by atoms with Gasteiger partial charge >= 0.3 is 5.97 Å². The Bertz CT molecular complexity index is 667. The van der Waals surface area contributed by atoms with E-state index in [0.29, 0.717) is 25.2 Å². The minimum absolute atomic E-state index is 0.0138. The van der Waals surface area contributed by atoms with Gasteiger partial charge < -0.3 is 19.1 Å². The Labute approximate surface area is 112 Å². The fraction of sp³-hybridized carbons (Fsp3) is 0.231. The van der Waals surface area contributed by atoms with Crippen LogP contribution in [0.1, 0.15) is 17.0 Å². The summed E-state index contributed by atoms with van der Waals surface area (Å²) in [6.45, 7) is 0.736. The van der Waals surface area contributed by atoms with Crippen LogP contribution in [-0.4, -0.2) is 29.4 Å². The second kappa shape index (κ2) is 4.84. The summed E-state index contributed by atoms with van der Waals surface area (Å²) in [4.78, 5) is 10.8. The number of ether oxygens (including phenoxy) is 2. The molecule has 0 bridgehead atoms. The lowest BCUT2D eigenvalue weighted by atomic mass is 10.1. The molecule has 0 aliphatic carbocycles. The van der Waals surface area contributed by atoms with Crippen LogP contribution in [0.15, 0.2) is 22.7 Å². The van der Waals surface area contributed by atoms with Gasteiger partial charge in [0.15, 0.2) is 17.3 Å². The maximum atomic E-state index is 13.7. The first kappa shape index (κ1) is 12.5. The summed E-state index contributed by atoms with van der Waals surface area (Å²) in [5, 5.41) is 12.5. The first-order chi connectivity index (χ1) is 9.66. The molecule has 1 aliphatic heterocycles. The lowest BCUT2D eigenvalue weighted by Gasteiger charge is -2.11. The van der Waals surface area contributed by atoms with Crippen LogP contribution in [0.25, 0.3) is 11.3 Å². The number of aromatic carboxylic acids is 1. The molecular weight excluding hydrogens is 269 g/mol. The van der Waals surface area contributed by atoms with Crippen molar-refractivity contribution in [3.8, 4) is 22.8 Å². The predicted molar refractivity (Wildman–Crippen MR) is 64.5 cm³/mol. The van der Waals surface area contributed by atoms with Gasteiger partial charge in [-0.1, -0.05) is 5.16 Å². The van der Waals surface area contributed by atoms with Crippen molar-refractivity contribution in [2.75, 3.05) is 13.2 Å². The molecule has 1 aromatic heterocycles. The molecule has 1 aliphatic rings. The van der Waals surface area contributed by atoms with Crippen LogP contribution in [0.4, 0.5) is 4.39 Å². The first-order valence-electron chi connectivity index (χ1n) is 5.95. The number of rotatable bonds is 2. The quantitative estimate of drug-likeness (QED) is 0.908. The molecule has 0 amide bonds. The molecule has 1 aromatic carbocycles. The number of hydrogen-bond donors (Lipinski definition) is 1. The van der Waals surface area contributed by atoms with E-state index in [1.165, 1.54) is 18.2 Å². The van der Waals surface area contributed by atoms with Crippen molar-refractivity contribution in [3.05, 3.63) is 29.8 Å². The van der Waals surface area contributed by atoms with E-state index < -0.39 is 11.8 Å². The summed E-state index contributed by atoms with van der Waals surface area (Å²) in [5.41, 5.74) is 0.684. The van der Waals surface area contributed by atoms with Crippen LogP contribution in [0.5, 0.6) is 11.5 Å². The van der Waals surface area contributed by atoms with E-state index in [4.69, 9.17) is 19.1 Å². The standard InChI is InChI=1S/C13H10FNO5/c14-8-3-2-7(9-6-10(13(16)17)20-15-9)11-12(8)19-5-1-4-18-11/h2-3,6H,1,4-5H2,(H,16,17). The van der Waals surface area contributed by atoms with Gasteiger partial charge in [0.25, 0.3) is 0 Å². The van der Waals surface area contributed by atoms with Crippen LogP contribution in [0.2, 0.25) is 0 Å². The molecular formula is C13H10FNO5. The highest BCUT2D eigenvalue weighted by Crippen LogP contribution is 2.41. The maximum Gasteiger partial charge on any atom is 0.374 e. The van der Waals surface area contributed by atoms with E-state index in [-0.39, 0.29) is 23.0 Å². The van der Waals surface area contributed by atoms with Gasteiger partial charge in [-0.25, -0.2) is 9.18 Å². The molecule has 2 aromatic rings. The number of nitrogens with zero attached hydrogens (tertiary/aromatic N) is 1. The van der Waals surface area contributed by atoms with Gasteiger partial charge in [0, 0.05) is 18.1 Å². The first-order valence-corrected chi connectivity index (χ1v) is 5.95. The van der Waals surface area contributed by atoms with E-state index >= 15 is 0 Å². The number of halogens is 1. The van der Waals surface area contributed by atoms with Crippen molar-refractivity contribution < 1.29 is 28.3 Å². The van der Waals surface area contributed by atoms with Gasteiger partial charge in [0.2, 0.25) is 5.76 Å². The number of fused-ring (bicyclic) bond motifs is 1. The third kappa shape index (κ3) is 2.07. The molecule has 0 atom stereocenters. The summed E-state index contributed by atoms with van der Waals surface area (Å²) in [6.07, 6.45) is 0.632. The number of carboxylic acids is 1. The lowest BCUT2D eigenvalue weighted by Crippen LogP contribution is -1.98. The number of benzene rings is 1. The molecule has 0 saturated carbocycles. The van der Waals surface area contributed by atoms with E-state index in [2.05, 4.69) is 5.16 Å². The van der Waals surface area contributed by atoms with Gasteiger partial charge in [-0.15, -0.1) is 0 Å². The Kier molecular flexibility index (Phi) is 3.02. The molecule has 0 saturated heterocycles. The van der Waals surface area contributed by atoms with Crippen molar-refractivity contribution in [1.82, 2.24) is 5.16 Å². The largest absolute Gasteiger partial charge is 0.489 e. The lowest BCUT2D eigenvalue weighted by molar-refractivity contribution is 0.0652. The second-order valence-electron chi connectivity index (χ2n) is 4.19. The Morgan fingerprint density at radius 1 is 1.25 bits per heavy atom. The van der Waals surface area contributed by atoms with Crippen molar-refractivity contribution >= 4 is 5.97 Å². The van der Waals surface area contributed by atoms with Crippen LogP contribution in [0.3, 0.4) is 0 Å². The zero-order valence-corrected chi connectivity index (χ0v) is 10.3. The van der Waals surface area contributed by atoms with E-state index in [1.54, 1.807) is 0 Å². The zero-order chi connectivity index (χ0) is 14.1. The van der Waals surface area contributed by atoms with Crippen molar-refractivity contribution in [2.45, 2.75) is 6.42 Å². The van der Waals surface area contributed by atoms with Gasteiger partial charge in [0.1, 0.15) is 5.69 Å². The molecule has 104 valence electrons. The fourth-order valence-corrected chi connectivity index (χ4v) is 1.93. The van der Waals surface area contributed by atoms with Crippen molar-refractivity contribution in [2.24, 2.45) is 0 Å². The van der Waals surface area contributed by atoms with Crippen molar-refractivity contribution in [1.29, 1.82) is 0 Å². The summed E-state index contributed by atoms with van der Waals surface area (Å²) < 4.78 is 29.2. The summed E-state index contributed by atoms with van der Waals surface area (Å²) >= 11 is 0. The van der Waals surface area contributed by atoms with Crippen LogP contribution >= 0.6 is 0 Å². The molecule has 6 nitrogen and oxygen atoms in total. The minimum atomic E-state index is -1.23. The van der Waals surface area contributed by atoms with E-state index in [1.807, 2.05) is 0 Å². The number of hydrogen-bond acceptors (Lipinski definition) is 5. The normalized spacial score (nSPS) is 13.8. The monoisotopic (exact) mass is 279 g/mol. The summed E-state index contributed by atoms with van der Waals surface area (Å²) in [7, 11) is 0. The molecule has 0 radical (unpaired) electrons. The van der Waals surface area contributed by atoms with Crippen LogP contribution < -0.4 is 9.47 Å². The van der Waals surface area contributed by atoms with E-state index in [9.17, 15) is 9.18 Å². The van der Waals surface area contributed by atoms with Gasteiger partial charge in [-0.2, -0.15) is 0 Å². The van der Waals surface area contributed by atoms with Crippen LogP contribution in [-0.2, 0) is 0 Å². The minimum Gasteiger partial charge on any atom is -0.489 e. The molecule has 7 heteroatoms. The van der Waals surface area contributed by atoms with Gasteiger partial charge in [-0.05, 0) is 12.1 Å². The predicted octanol–water partition coefficient (Wildman–Crippen LogP) is 2.34. The van der Waals surface area contributed by atoms with Gasteiger partial charge in [0.05, 0.1) is 13.2 Å². The molecule has 0 fully saturated rings. The summed E-state index contributed by atoms with van der Waals surface area (Å²) in [5.74, 6) is -1.83. The van der Waals surface area contributed by atoms with E-state index in [0.717, 1.165) is 0 Å². The number of aromatic nitrogens is 1. The third-order valence-electron chi connectivity index (χ3n) is 2.84. The molecule has 20 heavy (non-hydrogen) atoms. The smallest absolute Gasteiger partial charge is 0.374 e. The second-order valence-corrected chi connectivity index (χ2v) is 4.19. The summed E-state index contributed by atoms with van der Waals surface area (Å²) in [6, 6.07) is 3.93. The Balaban J connectivity index is 2.11.